The third-order valence-corrected chi connectivity index (χ3v) is 4.66. The van der Waals surface area contributed by atoms with Gasteiger partial charge in [-0.15, -0.1) is 0 Å². The third-order valence-electron chi connectivity index (χ3n) is 4.66. The average Bonchev–Trinajstić information content (AvgIpc) is 2.69. The van der Waals surface area contributed by atoms with E-state index >= 15 is 0 Å². The number of hydrogen-bond donors (Lipinski definition) is 2. The molecule has 0 saturated heterocycles. The summed E-state index contributed by atoms with van der Waals surface area (Å²) in [6.07, 6.45) is 9.01. The fourth-order valence-corrected chi connectivity index (χ4v) is 3.20. The first kappa shape index (κ1) is 19.5. The van der Waals surface area contributed by atoms with Crippen molar-refractivity contribution in [1.82, 2.24) is 9.97 Å². The quantitative estimate of drug-likeness (QED) is 0.297. The molecule has 0 saturated carbocycles. The van der Waals surface area contributed by atoms with Crippen molar-refractivity contribution in [3.05, 3.63) is 57.9 Å². The average molecular weight is 381 g/mol. The van der Waals surface area contributed by atoms with E-state index in [1.54, 1.807) is 24.3 Å². The SMILES string of the molecule is CC(=O)c1cccc(Nc2ncnc(NCCC3=CCCCC3)c2[N+](=O)[O-])c1. The lowest BCUT2D eigenvalue weighted by molar-refractivity contribution is -0.383. The van der Waals surface area contributed by atoms with Crippen LogP contribution in [-0.2, 0) is 0 Å². The van der Waals surface area contributed by atoms with Crippen molar-refractivity contribution in [3.63, 3.8) is 0 Å². The van der Waals surface area contributed by atoms with Gasteiger partial charge in [0.15, 0.2) is 5.78 Å². The fraction of sp³-hybridized carbons (Fsp3) is 0.350. The first-order chi connectivity index (χ1) is 13.5. The zero-order chi connectivity index (χ0) is 19.9. The number of aromatic nitrogens is 2. The van der Waals surface area contributed by atoms with Gasteiger partial charge < -0.3 is 10.6 Å². The topological polar surface area (TPSA) is 110 Å². The molecule has 0 unspecified atom stereocenters. The van der Waals surface area contributed by atoms with Crippen LogP contribution < -0.4 is 10.6 Å². The van der Waals surface area contributed by atoms with Gasteiger partial charge in [0.25, 0.3) is 0 Å². The molecule has 0 bridgehead atoms. The van der Waals surface area contributed by atoms with Gasteiger partial charge in [0.05, 0.1) is 4.92 Å². The van der Waals surface area contributed by atoms with Crippen LogP contribution in [0, 0.1) is 10.1 Å². The Morgan fingerprint density at radius 3 is 2.79 bits per heavy atom. The molecular formula is C20H23N5O3. The van der Waals surface area contributed by atoms with Gasteiger partial charge in [-0.2, -0.15) is 0 Å². The molecule has 0 aliphatic heterocycles. The summed E-state index contributed by atoms with van der Waals surface area (Å²) in [5, 5.41) is 17.7. The van der Waals surface area contributed by atoms with Crippen LogP contribution in [0.15, 0.2) is 42.2 Å². The second-order valence-corrected chi connectivity index (χ2v) is 6.72. The number of hydrogen-bond acceptors (Lipinski definition) is 7. The summed E-state index contributed by atoms with van der Waals surface area (Å²) < 4.78 is 0. The Kier molecular flexibility index (Phi) is 6.31. The summed E-state index contributed by atoms with van der Waals surface area (Å²) in [7, 11) is 0. The summed E-state index contributed by atoms with van der Waals surface area (Å²) >= 11 is 0. The maximum absolute atomic E-state index is 11.7. The summed E-state index contributed by atoms with van der Waals surface area (Å²) in [4.78, 5) is 30.8. The number of ketones is 1. The number of benzene rings is 1. The molecule has 8 nitrogen and oxygen atoms in total. The lowest BCUT2D eigenvalue weighted by atomic mass is 9.97. The number of carbonyl (C=O) groups is 1. The van der Waals surface area contributed by atoms with E-state index in [1.807, 2.05) is 0 Å². The monoisotopic (exact) mass is 381 g/mol. The molecule has 28 heavy (non-hydrogen) atoms. The van der Waals surface area contributed by atoms with Crippen LogP contribution in [-0.4, -0.2) is 27.2 Å². The van der Waals surface area contributed by atoms with Crippen molar-refractivity contribution >= 4 is 28.8 Å². The lowest BCUT2D eigenvalue weighted by Crippen LogP contribution is -2.10. The fourth-order valence-electron chi connectivity index (χ4n) is 3.20. The molecule has 1 aromatic carbocycles. The van der Waals surface area contributed by atoms with Crippen LogP contribution in [0.3, 0.4) is 0 Å². The molecule has 0 radical (unpaired) electrons. The van der Waals surface area contributed by atoms with E-state index in [0.717, 1.165) is 19.3 Å². The molecule has 2 aromatic rings. The van der Waals surface area contributed by atoms with Gasteiger partial charge in [-0.05, 0) is 51.2 Å². The molecule has 0 spiro atoms. The van der Waals surface area contributed by atoms with Crippen LogP contribution in [0.2, 0.25) is 0 Å². The minimum absolute atomic E-state index is 0.0831. The zero-order valence-corrected chi connectivity index (χ0v) is 15.8. The van der Waals surface area contributed by atoms with E-state index in [1.165, 1.54) is 31.7 Å². The maximum Gasteiger partial charge on any atom is 0.353 e. The molecule has 1 heterocycles. The standard InChI is InChI=1S/C20H23N5O3/c1-14(26)16-8-5-9-17(12-16)24-20-18(25(27)28)19(22-13-23-20)21-11-10-15-6-3-2-4-7-15/h5-6,8-9,12-13H,2-4,7,10-11H2,1H3,(H2,21,22,23,24). The zero-order valence-electron chi connectivity index (χ0n) is 15.8. The van der Waals surface area contributed by atoms with Crippen LogP contribution >= 0.6 is 0 Å². The Balaban J connectivity index is 1.77. The molecule has 1 aliphatic rings. The highest BCUT2D eigenvalue weighted by atomic mass is 16.6. The summed E-state index contributed by atoms with van der Waals surface area (Å²) in [5.74, 6) is 0.182. The minimum Gasteiger partial charge on any atom is -0.364 e. The van der Waals surface area contributed by atoms with Gasteiger partial charge in [0.2, 0.25) is 11.6 Å². The summed E-state index contributed by atoms with van der Waals surface area (Å²) in [5.41, 5.74) is 2.23. The lowest BCUT2D eigenvalue weighted by Gasteiger charge is -2.14. The van der Waals surface area contributed by atoms with Crippen LogP contribution in [0.4, 0.5) is 23.0 Å². The Morgan fingerprint density at radius 1 is 1.25 bits per heavy atom. The molecule has 146 valence electrons. The molecular weight excluding hydrogens is 358 g/mol. The predicted octanol–water partition coefficient (Wildman–Crippen LogP) is 4.63. The van der Waals surface area contributed by atoms with Crippen molar-refractivity contribution in [2.45, 2.75) is 39.0 Å². The molecule has 0 atom stereocenters. The van der Waals surface area contributed by atoms with Gasteiger partial charge in [-0.25, -0.2) is 9.97 Å². The van der Waals surface area contributed by atoms with E-state index < -0.39 is 4.92 Å². The van der Waals surface area contributed by atoms with E-state index in [4.69, 9.17) is 0 Å². The number of Topliss-reactive ketones (excluding diaryl/α,β-unsaturated/α-hetero) is 1. The second kappa shape index (κ2) is 9.07. The van der Waals surface area contributed by atoms with Crippen LogP contribution in [0.5, 0.6) is 0 Å². The van der Waals surface area contributed by atoms with E-state index in [-0.39, 0.29) is 23.1 Å². The highest BCUT2D eigenvalue weighted by molar-refractivity contribution is 5.95. The van der Waals surface area contributed by atoms with Gasteiger partial charge in [-0.1, -0.05) is 23.8 Å². The third kappa shape index (κ3) is 4.91. The van der Waals surface area contributed by atoms with E-state index in [9.17, 15) is 14.9 Å². The number of nitro groups is 1. The van der Waals surface area contributed by atoms with E-state index in [2.05, 4.69) is 26.7 Å². The smallest absolute Gasteiger partial charge is 0.353 e. The molecule has 1 aliphatic carbocycles. The first-order valence-corrected chi connectivity index (χ1v) is 9.34. The largest absolute Gasteiger partial charge is 0.364 e. The number of rotatable bonds is 8. The van der Waals surface area contributed by atoms with Gasteiger partial charge in [0.1, 0.15) is 6.33 Å². The predicted molar refractivity (Wildman–Crippen MR) is 108 cm³/mol. The normalized spacial score (nSPS) is 13.5. The molecule has 0 fully saturated rings. The number of allylic oxidation sites excluding steroid dienone is 1. The molecule has 2 N–H and O–H groups in total. The summed E-state index contributed by atoms with van der Waals surface area (Å²) in [6, 6.07) is 6.76. The maximum atomic E-state index is 11.7. The van der Waals surface area contributed by atoms with Gasteiger partial charge in [-0.3, -0.25) is 14.9 Å². The molecule has 1 aromatic heterocycles. The Bertz CT molecular complexity index is 910. The Morgan fingerprint density at radius 2 is 2.07 bits per heavy atom. The first-order valence-electron chi connectivity index (χ1n) is 9.34. The Hall–Kier alpha value is -3.29. The highest BCUT2D eigenvalue weighted by Gasteiger charge is 2.23. The van der Waals surface area contributed by atoms with Crippen molar-refractivity contribution in [2.75, 3.05) is 17.2 Å². The second-order valence-electron chi connectivity index (χ2n) is 6.72. The van der Waals surface area contributed by atoms with Crippen molar-refractivity contribution in [2.24, 2.45) is 0 Å². The van der Waals surface area contributed by atoms with Crippen LogP contribution in [0.25, 0.3) is 0 Å². The minimum atomic E-state index is -0.501. The van der Waals surface area contributed by atoms with Gasteiger partial charge in [0, 0.05) is 17.8 Å². The number of nitrogens with zero attached hydrogens (tertiary/aromatic N) is 3. The molecule has 3 rings (SSSR count). The van der Waals surface area contributed by atoms with Crippen molar-refractivity contribution in [1.29, 1.82) is 0 Å². The number of anilines is 3. The summed E-state index contributed by atoms with van der Waals surface area (Å²) in [6.45, 7) is 2.04. The number of nitrogens with one attached hydrogen (secondary N) is 2. The highest BCUT2D eigenvalue weighted by Crippen LogP contribution is 2.31. The van der Waals surface area contributed by atoms with Crippen molar-refractivity contribution in [3.8, 4) is 0 Å². The van der Waals surface area contributed by atoms with Crippen LogP contribution in [0.1, 0.15) is 49.4 Å². The van der Waals surface area contributed by atoms with E-state index in [0.29, 0.717) is 17.8 Å². The Labute approximate surface area is 163 Å². The van der Waals surface area contributed by atoms with Gasteiger partial charge >= 0.3 is 5.69 Å². The molecule has 0 amide bonds. The van der Waals surface area contributed by atoms with Crippen molar-refractivity contribution < 1.29 is 9.72 Å². The molecule has 8 heteroatoms. The number of carbonyl (C=O) groups excluding carboxylic acids is 1.